The molecule has 6 heteroatoms. The molecule has 0 N–H and O–H groups in total. The average Bonchev–Trinajstić information content (AvgIpc) is 1.84. The summed E-state index contributed by atoms with van der Waals surface area (Å²) in [5.74, 6) is -1.26. The van der Waals surface area contributed by atoms with E-state index in [0.29, 0.717) is 6.42 Å². The van der Waals surface area contributed by atoms with E-state index >= 15 is 0 Å². The molecule has 0 aliphatic heterocycles. The van der Waals surface area contributed by atoms with Crippen LogP contribution in [0.2, 0.25) is 0 Å². The van der Waals surface area contributed by atoms with Gasteiger partial charge in [-0.1, -0.05) is 20.3 Å². The highest BCUT2D eigenvalue weighted by Gasteiger charge is 2.45. The molecule has 0 radical (unpaired) electrons. The fourth-order valence-electron chi connectivity index (χ4n) is 0.587. The van der Waals surface area contributed by atoms with Crippen molar-refractivity contribution < 1.29 is 21.6 Å². The Kier molecular flexibility index (Phi) is 3.56. The number of halogens is 3. The highest BCUT2D eigenvalue weighted by atomic mass is 32.2. The molecule has 0 rings (SSSR count). The van der Waals surface area contributed by atoms with Crippen molar-refractivity contribution in [2.24, 2.45) is 5.92 Å². The van der Waals surface area contributed by atoms with E-state index in [9.17, 15) is 21.6 Å². The van der Waals surface area contributed by atoms with Gasteiger partial charge in [0.25, 0.3) is 0 Å². The molecule has 0 aromatic heterocycles. The van der Waals surface area contributed by atoms with E-state index in [4.69, 9.17) is 0 Å². The number of sulfone groups is 1. The molecule has 0 saturated carbocycles. The second-order valence-corrected chi connectivity index (χ2v) is 4.77. The number of alkyl halides is 3. The molecule has 1 atom stereocenters. The quantitative estimate of drug-likeness (QED) is 0.704. The molecule has 0 unspecified atom stereocenters. The van der Waals surface area contributed by atoms with Crippen LogP contribution in [0.25, 0.3) is 0 Å². The Hall–Kier alpha value is -0.260. The summed E-state index contributed by atoms with van der Waals surface area (Å²) < 4.78 is 56.2. The smallest absolute Gasteiger partial charge is 0.220 e. The Morgan fingerprint density at radius 1 is 1.33 bits per heavy atom. The van der Waals surface area contributed by atoms with Crippen molar-refractivity contribution in [3.8, 4) is 0 Å². The summed E-state index contributed by atoms with van der Waals surface area (Å²) in [4.78, 5) is 0. The van der Waals surface area contributed by atoms with Gasteiger partial charge in [-0.15, -0.1) is 0 Å². The standard InChI is InChI=1S/C6H11F3O2S/c1-3-5(2)4-12(10,11)6(7,8)9/h5H,3-4H2,1-2H3/t5-/m0/s1. The molecule has 0 heterocycles. The fourth-order valence-corrected chi connectivity index (χ4v) is 1.76. The van der Waals surface area contributed by atoms with Gasteiger partial charge in [0, 0.05) is 0 Å². The van der Waals surface area contributed by atoms with E-state index in [1.54, 1.807) is 6.92 Å². The summed E-state index contributed by atoms with van der Waals surface area (Å²) >= 11 is 0. The summed E-state index contributed by atoms with van der Waals surface area (Å²) in [7, 11) is -4.91. The first-order chi connectivity index (χ1) is 5.20. The molecule has 0 spiro atoms. The Balaban J connectivity index is 4.46. The molecule has 0 aromatic carbocycles. The molecule has 0 aliphatic carbocycles. The molecule has 0 amide bonds. The zero-order valence-corrected chi connectivity index (χ0v) is 7.67. The second-order valence-electron chi connectivity index (χ2n) is 2.74. The Morgan fingerprint density at radius 3 is 2.00 bits per heavy atom. The van der Waals surface area contributed by atoms with Gasteiger partial charge in [0.1, 0.15) is 0 Å². The maximum Gasteiger partial charge on any atom is 0.497 e. The minimum Gasteiger partial charge on any atom is -0.220 e. The van der Waals surface area contributed by atoms with Crippen LogP contribution in [0.5, 0.6) is 0 Å². The van der Waals surface area contributed by atoms with Gasteiger partial charge in [-0.2, -0.15) is 13.2 Å². The lowest BCUT2D eigenvalue weighted by atomic mass is 10.2. The van der Waals surface area contributed by atoms with E-state index in [1.807, 2.05) is 0 Å². The maximum atomic E-state index is 11.7. The van der Waals surface area contributed by atoms with E-state index in [1.165, 1.54) is 6.92 Å². The SMILES string of the molecule is CC[C@H](C)CS(=O)(=O)C(F)(F)F. The van der Waals surface area contributed by atoms with Crippen molar-refractivity contribution in [1.29, 1.82) is 0 Å². The lowest BCUT2D eigenvalue weighted by Gasteiger charge is -2.11. The topological polar surface area (TPSA) is 34.1 Å². The third kappa shape index (κ3) is 3.00. The van der Waals surface area contributed by atoms with Gasteiger partial charge in [0.2, 0.25) is 9.84 Å². The van der Waals surface area contributed by atoms with Crippen LogP contribution < -0.4 is 0 Å². The molecular formula is C6H11F3O2S. The van der Waals surface area contributed by atoms with Crippen molar-refractivity contribution in [2.75, 3.05) is 5.75 Å². The molecule has 0 bridgehead atoms. The Labute approximate surface area is 69.7 Å². The minimum absolute atomic E-state index is 0.426. The van der Waals surface area contributed by atoms with Crippen LogP contribution in [0.4, 0.5) is 13.2 Å². The molecular weight excluding hydrogens is 193 g/mol. The largest absolute Gasteiger partial charge is 0.497 e. The van der Waals surface area contributed by atoms with Crippen LogP contribution >= 0.6 is 0 Å². The summed E-state index contributed by atoms with van der Waals surface area (Å²) in [5, 5.41) is 0. The predicted octanol–water partition coefficient (Wildman–Crippen LogP) is 1.97. The van der Waals surface area contributed by atoms with Gasteiger partial charge in [0.15, 0.2) is 0 Å². The van der Waals surface area contributed by atoms with E-state index in [-0.39, 0.29) is 0 Å². The summed E-state index contributed by atoms with van der Waals surface area (Å²) in [5.41, 5.74) is -5.10. The van der Waals surface area contributed by atoms with Crippen LogP contribution in [0.15, 0.2) is 0 Å². The predicted molar refractivity (Wildman–Crippen MR) is 39.3 cm³/mol. The zero-order chi connectivity index (χ0) is 9.99. The van der Waals surface area contributed by atoms with E-state index < -0.39 is 27.0 Å². The fraction of sp³-hybridized carbons (Fsp3) is 1.00. The van der Waals surface area contributed by atoms with Crippen molar-refractivity contribution in [2.45, 2.75) is 25.8 Å². The lowest BCUT2D eigenvalue weighted by molar-refractivity contribution is -0.0438. The van der Waals surface area contributed by atoms with Crippen molar-refractivity contribution in [3.05, 3.63) is 0 Å². The molecule has 0 saturated heterocycles. The first-order valence-corrected chi connectivity index (χ1v) is 5.15. The molecule has 0 aromatic rings. The van der Waals surface area contributed by atoms with Crippen molar-refractivity contribution >= 4 is 9.84 Å². The van der Waals surface area contributed by atoms with E-state index in [2.05, 4.69) is 0 Å². The van der Waals surface area contributed by atoms with Gasteiger partial charge >= 0.3 is 5.51 Å². The third-order valence-electron chi connectivity index (χ3n) is 1.55. The summed E-state index contributed by atoms with van der Waals surface area (Å²) in [6.07, 6.45) is 0.426. The summed E-state index contributed by atoms with van der Waals surface area (Å²) in [6, 6.07) is 0. The zero-order valence-electron chi connectivity index (χ0n) is 6.85. The molecule has 74 valence electrons. The highest BCUT2D eigenvalue weighted by molar-refractivity contribution is 7.92. The van der Waals surface area contributed by atoms with Crippen molar-refractivity contribution in [1.82, 2.24) is 0 Å². The lowest BCUT2D eigenvalue weighted by Crippen LogP contribution is -2.28. The minimum atomic E-state index is -5.10. The van der Waals surface area contributed by atoms with Crippen LogP contribution in [0.3, 0.4) is 0 Å². The van der Waals surface area contributed by atoms with E-state index in [0.717, 1.165) is 0 Å². The average molecular weight is 204 g/mol. The van der Waals surface area contributed by atoms with Gasteiger partial charge in [0.05, 0.1) is 5.75 Å². The monoisotopic (exact) mass is 204 g/mol. The summed E-state index contributed by atoms with van der Waals surface area (Å²) in [6.45, 7) is 3.12. The van der Waals surface area contributed by atoms with Crippen LogP contribution in [0.1, 0.15) is 20.3 Å². The Bertz CT molecular complexity index is 230. The molecule has 12 heavy (non-hydrogen) atoms. The van der Waals surface area contributed by atoms with Gasteiger partial charge < -0.3 is 0 Å². The van der Waals surface area contributed by atoms with Crippen LogP contribution in [-0.4, -0.2) is 19.7 Å². The van der Waals surface area contributed by atoms with Crippen LogP contribution in [-0.2, 0) is 9.84 Å². The maximum absolute atomic E-state index is 11.7. The van der Waals surface area contributed by atoms with Gasteiger partial charge in [-0.05, 0) is 5.92 Å². The molecule has 2 nitrogen and oxygen atoms in total. The number of rotatable bonds is 3. The third-order valence-corrected chi connectivity index (χ3v) is 3.27. The normalized spacial score (nSPS) is 16.1. The van der Waals surface area contributed by atoms with Gasteiger partial charge in [-0.25, -0.2) is 8.42 Å². The number of hydrogen-bond acceptors (Lipinski definition) is 2. The highest BCUT2D eigenvalue weighted by Crippen LogP contribution is 2.25. The second kappa shape index (κ2) is 3.64. The van der Waals surface area contributed by atoms with Crippen LogP contribution in [0, 0.1) is 5.92 Å². The first kappa shape index (κ1) is 11.7. The number of hydrogen-bond donors (Lipinski definition) is 0. The molecule has 0 fully saturated rings. The van der Waals surface area contributed by atoms with Gasteiger partial charge in [-0.3, -0.25) is 0 Å². The van der Waals surface area contributed by atoms with Crippen molar-refractivity contribution in [3.63, 3.8) is 0 Å². The Morgan fingerprint density at radius 2 is 1.75 bits per heavy atom. The first-order valence-electron chi connectivity index (χ1n) is 3.49. The molecule has 0 aliphatic rings.